The number of esters is 1. The summed E-state index contributed by atoms with van der Waals surface area (Å²) in [6.07, 6.45) is 1.77. The van der Waals surface area contributed by atoms with Crippen molar-refractivity contribution < 1.29 is 19.0 Å². The van der Waals surface area contributed by atoms with Gasteiger partial charge in [-0.15, -0.1) is 0 Å². The first-order chi connectivity index (χ1) is 9.15. The van der Waals surface area contributed by atoms with Gasteiger partial charge in [0.25, 0.3) is 0 Å². The summed E-state index contributed by atoms with van der Waals surface area (Å²) < 4.78 is 16.0. The van der Waals surface area contributed by atoms with Gasteiger partial charge in [-0.25, -0.2) is 0 Å². The SMILES string of the molecule is COC(=O)C1(c2cc(C)ccc2OC2COC2)CC1. The topological polar surface area (TPSA) is 44.8 Å². The molecule has 1 aliphatic carbocycles. The van der Waals surface area contributed by atoms with Gasteiger partial charge in [0.1, 0.15) is 11.9 Å². The second-order valence-corrected chi connectivity index (χ2v) is 5.35. The van der Waals surface area contributed by atoms with Crippen LogP contribution in [0.15, 0.2) is 18.2 Å². The molecule has 0 amide bonds. The number of hydrogen-bond acceptors (Lipinski definition) is 4. The maximum atomic E-state index is 12.0. The van der Waals surface area contributed by atoms with E-state index in [0.717, 1.165) is 29.7 Å². The van der Waals surface area contributed by atoms with E-state index in [4.69, 9.17) is 14.2 Å². The number of carbonyl (C=O) groups is 1. The maximum absolute atomic E-state index is 12.0. The molecule has 0 unspecified atom stereocenters. The molecule has 3 rings (SSSR count). The second kappa shape index (κ2) is 4.53. The van der Waals surface area contributed by atoms with Crippen LogP contribution < -0.4 is 4.74 Å². The molecule has 19 heavy (non-hydrogen) atoms. The summed E-state index contributed by atoms with van der Waals surface area (Å²) in [5.74, 6) is 0.634. The van der Waals surface area contributed by atoms with E-state index >= 15 is 0 Å². The summed E-state index contributed by atoms with van der Waals surface area (Å²) in [6.45, 7) is 3.27. The van der Waals surface area contributed by atoms with Crippen LogP contribution in [0.3, 0.4) is 0 Å². The Balaban J connectivity index is 1.94. The summed E-state index contributed by atoms with van der Waals surface area (Å²) in [5.41, 5.74) is 1.61. The Bertz CT molecular complexity index is 501. The van der Waals surface area contributed by atoms with E-state index in [1.807, 2.05) is 25.1 Å². The van der Waals surface area contributed by atoms with Gasteiger partial charge in [0.15, 0.2) is 0 Å². The van der Waals surface area contributed by atoms with Crippen LogP contribution in [0.2, 0.25) is 0 Å². The lowest BCUT2D eigenvalue weighted by atomic mass is 9.93. The Morgan fingerprint density at radius 2 is 2.11 bits per heavy atom. The van der Waals surface area contributed by atoms with E-state index in [9.17, 15) is 4.79 Å². The van der Waals surface area contributed by atoms with Crippen molar-refractivity contribution in [1.82, 2.24) is 0 Å². The molecule has 1 saturated carbocycles. The van der Waals surface area contributed by atoms with Crippen LogP contribution in [0.5, 0.6) is 5.75 Å². The zero-order valence-corrected chi connectivity index (χ0v) is 11.3. The molecular weight excluding hydrogens is 244 g/mol. The van der Waals surface area contributed by atoms with Crippen LogP contribution in [0.4, 0.5) is 0 Å². The molecule has 4 nitrogen and oxygen atoms in total. The molecule has 1 aromatic rings. The summed E-state index contributed by atoms with van der Waals surface area (Å²) in [4.78, 5) is 12.0. The Morgan fingerprint density at radius 3 is 2.63 bits per heavy atom. The van der Waals surface area contributed by atoms with Crippen molar-refractivity contribution >= 4 is 5.97 Å². The maximum Gasteiger partial charge on any atom is 0.316 e. The van der Waals surface area contributed by atoms with E-state index < -0.39 is 5.41 Å². The summed E-state index contributed by atoms with van der Waals surface area (Å²) in [7, 11) is 1.44. The average Bonchev–Trinajstić information content (AvgIpc) is 3.15. The third-order valence-electron chi connectivity index (χ3n) is 3.88. The van der Waals surface area contributed by atoms with Crippen LogP contribution >= 0.6 is 0 Å². The largest absolute Gasteiger partial charge is 0.485 e. The van der Waals surface area contributed by atoms with Gasteiger partial charge in [0.05, 0.1) is 25.7 Å². The number of hydrogen-bond donors (Lipinski definition) is 0. The lowest BCUT2D eigenvalue weighted by Crippen LogP contribution is -2.39. The van der Waals surface area contributed by atoms with Crippen molar-refractivity contribution in [3.8, 4) is 5.75 Å². The fourth-order valence-corrected chi connectivity index (χ4v) is 2.49. The minimum atomic E-state index is -0.485. The summed E-state index contributed by atoms with van der Waals surface area (Å²) in [5, 5.41) is 0. The highest BCUT2D eigenvalue weighted by molar-refractivity contribution is 5.87. The molecule has 102 valence electrons. The van der Waals surface area contributed by atoms with Gasteiger partial charge >= 0.3 is 5.97 Å². The molecule has 0 bridgehead atoms. The van der Waals surface area contributed by atoms with Crippen molar-refractivity contribution in [1.29, 1.82) is 0 Å². The molecule has 2 aliphatic rings. The molecule has 0 radical (unpaired) electrons. The second-order valence-electron chi connectivity index (χ2n) is 5.35. The van der Waals surface area contributed by atoms with Crippen molar-refractivity contribution in [2.75, 3.05) is 20.3 Å². The van der Waals surface area contributed by atoms with Gasteiger partial charge in [0.2, 0.25) is 0 Å². The van der Waals surface area contributed by atoms with E-state index in [-0.39, 0.29) is 12.1 Å². The standard InChI is InChI=1S/C15H18O4/c1-10-3-4-13(19-11-8-18-9-11)12(7-10)15(5-6-15)14(16)17-2/h3-4,7,11H,5-6,8-9H2,1-2H3. The number of rotatable bonds is 4. The molecule has 0 N–H and O–H groups in total. The zero-order chi connectivity index (χ0) is 13.5. The Labute approximate surface area is 112 Å². The quantitative estimate of drug-likeness (QED) is 0.778. The fourth-order valence-electron chi connectivity index (χ4n) is 2.49. The van der Waals surface area contributed by atoms with Crippen LogP contribution in [0, 0.1) is 6.92 Å². The summed E-state index contributed by atoms with van der Waals surface area (Å²) >= 11 is 0. The zero-order valence-electron chi connectivity index (χ0n) is 11.3. The molecule has 1 saturated heterocycles. The monoisotopic (exact) mass is 262 g/mol. The van der Waals surface area contributed by atoms with E-state index in [0.29, 0.717) is 13.2 Å². The van der Waals surface area contributed by atoms with Crippen molar-refractivity contribution in [2.45, 2.75) is 31.3 Å². The first kappa shape index (κ1) is 12.5. The fraction of sp³-hybridized carbons (Fsp3) is 0.533. The predicted molar refractivity (Wildman–Crippen MR) is 69.3 cm³/mol. The highest BCUT2D eigenvalue weighted by Crippen LogP contribution is 2.52. The van der Waals surface area contributed by atoms with Crippen LogP contribution in [0.1, 0.15) is 24.0 Å². The Hall–Kier alpha value is -1.55. The van der Waals surface area contributed by atoms with Crippen molar-refractivity contribution in [2.24, 2.45) is 0 Å². The molecule has 4 heteroatoms. The third-order valence-corrected chi connectivity index (χ3v) is 3.88. The highest BCUT2D eigenvalue weighted by atomic mass is 16.6. The first-order valence-corrected chi connectivity index (χ1v) is 6.60. The van der Waals surface area contributed by atoms with Gasteiger partial charge in [-0.2, -0.15) is 0 Å². The van der Waals surface area contributed by atoms with Gasteiger partial charge in [-0.1, -0.05) is 17.7 Å². The number of benzene rings is 1. The smallest absolute Gasteiger partial charge is 0.316 e. The van der Waals surface area contributed by atoms with Gasteiger partial charge in [0, 0.05) is 5.56 Å². The summed E-state index contributed by atoms with van der Waals surface area (Å²) in [6, 6.07) is 6.00. The molecule has 0 spiro atoms. The molecule has 1 heterocycles. The van der Waals surface area contributed by atoms with Crippen LogP contribution in [-0.4, -0.2) is 32.4 Å². The van der Waals surface area contributed by atoms with Crippen LogP contribution in [-0.2, 0) is 19.7 Å². The molecular formula is C15H18O4. The van der Waals surface area contributed by atoms with Crippen molar-refractivity contribution in [3.63, 3.8) is 0 Å². The minimum Gasteiger partial charge on any atom is -0.485 e. The molecule has 0 aromatic heterocycles. The van der Waals surface area contributed by atoms with E-state index in [2.05, 4.69) is 0 Å². The van der Waals surface area contributed by atoms with Crippen LogP contribution in [0.25, 0.3) is 0 Å². The molecule has 0 atom stereocenters. The molecule has 1 aliphatic heterocycles. The number of aryl methyl sites for hydroxylation is 1. The first-order valence-electron chi connectivity index (χ1n) is 6.60. The predicted octanol–water partition coefficient (Wildman–Crippen LogP) is 1.98. The van der Waals surface area contributed by atoms with E-state index in [1.165, 1.54) is 7.11 Å². The van der Waals surface area contributed by atoms with E-state index in [1.54, 1.807) is 0 Å². The lowest BCUT2D eigenvalue weighted by Gasteiger charge is -2.29. The Kier molecular flexibility index (Phi) is 2.97. The molecule has 1 aromatic carbocycles. The normalized spacial score (nSPS) is 20.5. The Morgan fingerprint density at radius 1 is 1.37 bits per heavy atom. The number of carbonyl (C=O) groups excluding carboxylic acids is 1. The number of methoxy groups -OCH3 is 1. The van der Waals surface area contributed by atoms with Gasteiger partial charge < -0.3 is 14.2 Å². The molecule has 2 fully saturated rings. The number of ether oxygens (including phenoxy) is 3. The minimum absolute atomic E-state index is 0.106. The lowest BCUT2D eigenvalue weighted by molar-refractivity contribution is -0.143. The highest BCUT2D eigenvalue weighted by Gasteiger charge is 2.54. The van der Waals surface area contributed by atoms with Crippen molar-refractivity contribution in [3.05, 3.63) is 29.3 Å². The third kappa shape index (κ3) is 2.10. The van der Waals surface area contributed by atoms with Gasteiger partial charge in [-0.3, -0.25) is 4.79 Å². The average molecular weight is 262 g/mol. The van der Waals surface area contributed by atoms with Gasteiger partial charge in [-0.05, 0) is 25.8 Å².